The van der Waals surface area contributed by atoms with Crippen LogP contribution < -0.4 is 0 Å². The first-order valence-electron chi connectivity index (χ1n) is 17.6. The van der Waals surface area contributed by atoms with E-state index in [-0.39, 0.29) is 0 Å². The van der Waals surface area contributed by atoms with Gasteiger partial charge in [0.2, 0.25) is 0 Å². The summed E-state index contributed by atoms with van der Waals surface area (Å²) >= 11 is 0. The quantitative estimate of drug-likeness (QED) is 0.156. The van der Waals surface area contributed by atoms with Crippen molar-refractivity contribution in [3.05, 3.63) is 188 Å². The molecule has 9 rings (SSSR count). The van der Waals surface area contributed by atoms with Crippen LogP contribution in [0, 0.1) is 0 Å². The number of rotatable bonds is 8. The zero-order valence-electron chi connectivity index (χ0n) is 29.0. The lowest BCUT2D eigenvalue weighted by molar-refractivity contribution is 1.12. The second-order valence-electron chi connectivity index (χ2n) is 12.7. The van der Waals surface area contributed by atoms with Gasteiger partial charge >= 0.3 is 0 Å². The van der Waals surface area contributed by atoms with Gasteiger partial charge in [0.25, 0.3) is 0 Å². The second kappa shape index (κ2) is 14.7. The van der Waals surface area contributed by atoms with Crippen molar-refractivity contribution < 1.29 is 0 Å². The van der Waals surface area contributed by atoms with Crippen molar-refractivity contribution in [3.63, 3.8) is 0 Å². The molecule has 0 fully saturated rings. The minimum atomic E-state index is 0.617. The van der Waals surface area contributed by atoms with Crippen molar-refractivity contribution in [2.75, 3.05) is 6.54 Å². The Kier molecular flexibility index (Phi) is 8.81. The number of hydrogen-bond donors (Lipinski definition) is 0. The molecule has 0 radical (unpaired) electrons. The number of benzene rings is 3. The van der Waals surface area contributed by atoms with Crippen molar-refractivity contribution in [1.29, 1.82) is 0 Å². The van der Waals surface area contributed by atoms with Gasteiger partial charge in [-0.05, 0) is 70.8 Å². The summed E-state index contributed by atoms with van der Waals surface area (Å²) in [6.07, 6.45) is 16.5. The Morgan fingerprint density at radius 2 is 0.833 bits per heavy atom. The van der Waals surface area contributed by atoms with E-state index in [1.54, 1.807) is 24.8 Å². The van der Waals surface area contributed by atoms with Crippen LogP contribution in [0.5, 0.6) is 0 Å². The molecule has 54 heavy (non-hydrogen) atoms. The third-order valence-corrected chi connectivity index (χ3v) is 9.25. The minimum absolute atomic E-state index is 0.617. The predicted octanol–water partition coefficient (Wildman–Crippen LogP) is 10.4. The van der Waals surface area contributed by atoms with Gasteiger partial charge in [0.1, 0.15) is 0 Å². The van der Waals surface area contributed by atoms with Crippen molar-refractivity contribution in [1.82, 2.24) is 34.9 Å². The molecule has 6 heterocycles. The minimum Gasteiger partial charge on any atom is -0.687 e. The monoisotopic (exact) mass is 695 g/mol. The third-order valence-electron chi connectivity index (χ3n) is 9.25. The predicted molar refractivity (Wildman–Crippen MR) is 214 cm³/mol. The number of pyridine rings is 3. The Balaban J connectivity index is 0.965. The molecule has 1 aliphatic rings. The van der Waals surface area contributed by atoms with E-state index in [9.17, 15) is 0 Å². The summed E-state index contributed by atoms with van der Waals surface area (Å²) in [5, 5.41) is 4.28. The summed E-state index contributed by atoms with van der Waals surface area (Å²) in [7, 11) is 0. The molecule has 8 nitrogen and oxygen atoms in total. The van der Waals surface area contributed by atoms with Crippen molar-refractivity contribution in [2.24, 2.45) is 0 Å². The Hall–Kier alpha value is -7.45. The summed E-state index contributed by atoms with van der Waals surface area (Å²) in [6.45, 7) is 0.617. The fourth-order valence-corrected chi connectivity index (χ4v) is 6.37. The summed E-state index contributed by atoms with van der Waals surface area (Å²) in [4.78, 5) is 32.4. The standard InChI is InChI=1S/C46H31N8/c1-3-39(29-49-21-1)43-27-41(51-45(53-43)37-17-23-47-24-18-37)35-13-9-33(10-14-35)31-5-7-32(8-6-31)34-11-15-36(16-12-34)42-28-44(40-4-2-22-50-30-40)54-46(52-42)38-19-25-48-26-20-38/h1-25,27-30H,26H2/q-1. The number of allylic oxidation sites excluding steroid dienone is 2. The first-order chi connectivity index (χ1) is 26.7. The molecule has 0 saturated heterocycles. The molecule has 3 aromatic carbocycles. The molecule has 0 N–H and O–H groups in total. The van der Waals surface area contributed by atoms with Gasteiger partial charge in [-0.15, -0.1) is 6.54 Å². The van der Waals surface area contributed by atoms with Gasteiger partial charge in [-0.25, -0.2) is 19.9 Å². The van der Waals surface area contributed by atoms with E-state index in [1.165, 1.54) is 0 Å². The zero-order valence-corrected chi connectivity index (χ0v) is 29.0. The Morgan fingerprint density at radius 3 is 1.26 bits per heavy atom. The van der Waals surface area contributed by atoms with E-state index in [0.29, 0.717) is 18.2 Å². The molecule has 0 unspecified atom stereocenters. The maximum Gasteiger partial charge on any atom is 0.160 e. The van der Waals surface area contributed by atoms with Gasteiger partial charge in [0.15, 0.2) is 11.6 Å². The maximum atomic E-state index is 4.96. The molecule has 0 bridgehead atoms. The van der Waals surface area contributed by atoms with E-state index in [2.05, 4.69) is 93.1 Å². The highest BCUT2D eigenvalue weighted by molar-refractivity contribution is 5.79. The van der Waals surface area contributed by atoms with Crippen molar-refractivity contribution in [2.45, 2.75) is 0 Å². The summed E-state index contributed by atoms with van der Waals surface area (Å²) < 4.78 is 0. The fraction of sp³-hybridized carbons (Fsp3) is 0.0217. The Morgan fingerprint density at radius 1 is 0.389 bits per heavy atom. The lowest BCUT2D eigenvalue weighted by atomic mass is 9.98. The molecule has 0 saturated carbocycles. The van der Waals surface area contributed by atoms with Crippen LogP contribution in [0.2, 0.25) is 0 Å². The van der Waals surface area contributed by atoms with Crippen LogP contribution in [0.4, 0.5) is 0 Å². The average molecular weight is 696 g/mol. The Labute approximate surface area is 312 Å². The third kappa shape index (κ3) is 6.91. The molecule has 0 spiro atoms. The normalized spacial score (nSPS) is 12.2. The van der Waals surface area contributed by atoms with Gasteiger partial charge in [-0.3, -0.25) is 15.0 Å². The van der Waals surface area contributed by atoms with Crippen LogP contribution in [0.3, 0.4) is 0 Å². The number of nitrogens with zero attached hydrogens (tertiary/aromatic N) is 8. The van der Waals surface area contributed by atoms with Crippen LogP contribution in [-0.4, -0.2) is 41.4 Å². The second-order valence-corrected chi connectivity index (χ2v) is 12.7. The highest BCUT2D eigenvalue weighted by atomic mass is 14.9. The van der Waals surface area contributed by atoms with Gasteiger partial charge in [-0.1, -0.05) is 84.9 Å². The van der Waals surface area contributed by atoms with E-state index in [4.69, 9.17) is 19.9 Å². The smallest absolute Gasteiger partial charge is 0.160 e. The molecule has 8 aromatic rings. The molecular weight excluding hydrogens is 665 g/mol. The lowest BCUT2D eigenvalue weighted by Gasteiger charge is -2.18. The Bertz CT molecular complexity index is 2550. The summed E-state index contributed by atoms with van der Waals surface area (Å²) in [5.41, 5.74) is 13.6. The molecule has 1 aliphatic heterocycles. The molecule has 0 atom stereocenters. The van der Waals surface area contributed by atoms with Crippen molar-refractivity contribution >= 4 is 5.57 Å². The number of hydrogen-bond acceptors (Lipinski definition) is 7. The lowest BCUT2D eigenvalue weighted by Crippen LogP contribution is -2.00. The molecule has 256 valence electrons. The zero-order chi connectivity index (χ0) is 36.1. The fourth-order valence-electron chi connectivity index (χ4n) is 6.37. The van der Waals surface area contributed by atoms with E-state index in [0.717, 1.165) is 78.4 Å². The van der Waals surface area contributed by atoms with Crippen LogP contribution in [-0.2, 0) is 0 Å². The number of aromatic nitrogens is 7. The topological polar surface area (TPSA) is 104 Å². The van der Waals surface area contributed by atoms with Crippen LogP contribution in [0.1, 0.15) is 5.82 Å². The molecule has 8 heteroatoms. The maximum absolute atomic E-state index is 4.96. The van der Waals surface area contributed by atoms with Gasteiger partial charge < -0.3 is 5.32 Å². The van der Waals surface area contributed by atoms with Crippen LogP contribution >= 0.6 is 0 Å². The largest absolute Gasteiger partial charge is 0.687 e. The molecule has 0 amide bonds. The molecule has 0 aliphatic carbocycles. The van der Waals surface area contributed by atoms with E-state index in [1.807, 2.05) is 79.3 Å². The summed E-state index contributed by atoms with van der Waals surface area (Å²) in [6, 6.07) is 41.4. The summed E-state index contributed by atoms with van der Waals surface area (Å²) in [5.74, 6) is 1.32. The van der Waals surface area contributed by atoms with E-state index >= 15 is 0 Å². The molecular formula is C46H31N8-. The SMILES string of the molecule is C1=CC(c2nc(-c3ccc(-c4ccc(-c5ccc(-c6cc(-c7cccnc7)nc(-c7ccncc7)n6)cc5)cc4)cc3)cc(-c3cccnc3)n2)=CC[N-]1. The highest BCUT2D eigenvalue weighted by Crippen LogP contribution is 2.32. The van der Waals surface area contributed by atoms with E-state index < -0.39 is 0 Å². The van der Waals surface area contributed by atoms with Crippen LogP contribution in [0.25, 0.3) is 89.6 Å². The average Bonchev–Trinajstić information content (AvgIpc) is 3.27. The van der Waals surface area contributed by atoms with Gasteiger partial charge in [-0.2, -0.15) is 6.20 Å². The van der Waals surface area contributed by atoms with Gasteiger partial charge in [0.05, 0.1) is 22.8 Å². The van der Waals surface area contributed by atoms with Gasteiger partial charge in [0, 0.05) is 70.6 Å². The highest BCUT2D eigenvalue weighted by Gasteiger charge is 2.13. The van der Waals surface area contributed by atoms with Crippen LogP contribution in [0.15, 0.2) is 177 Å². The van der Waals surface area contributed by atoms with Crippen molar-refractivity contribution in [3.8, 4) is 78.7 Å². The molecule has 5 aromatic heterocycles. The first kappa shape index (κ1) is 32.5. The first-order valence-corrected chi connectivity index (χ1v) is 17.6.